The lowest BCUT2D eigenvalue weighted by Crippen LogP contribution is -2.23. The fraction of sp³-hybridized carbons (Fsp3) is 0.167. The first-order valence-electron chi connectivity index (χ1n) is 5.74. The molecule has 2 aromatic rings. The third-order valence-corrected chi connectivity index (χ3v) is 6.55. The van der Waals surface area contributed by atoms with Gasteiger partial charge in [-0.05, 0) is 39.7 Å². The molecule has 1 aromatic heterocycles. The van der Waals surface area contributed by atoms with E-state index in [1.807, 2.05) is 11.4 Å². The van der Waals surface area contributed by atoms with Crippen LogP contribution in [0.1, 0.15) is 10.4 Å². The normalized spacial score (nSPS) is 11.8. The zero-order valence-corrected chi connectivity index (χ0v) is 15.3. The average molecular weight is 430 g/mol. The van der Waals surface area contributed by atoms with Crippen LogP contribution in [0, 0.1) is 0 Å². The third kappa shape index (κ3) is 4.19. The summed E-state index contributed by atoms with van der Waals surface area (Å²) in [5.74, 6) is 0. The van der Waals surface area contributed by atoms with Gasteiger partial charge in [0.25, 0.3) is 0 Å². The van der Waals surface area contributed by atoms with Crippen molar-refractivity contribution in [2.24, 2.45) is 5.73 Å². The number of nitrogens with two attached hydrogens (primary N) is 1. The number of rotatable bonds is 5. The van der Waals surface area contributed by atoms with E-state index in [0.717, 1.165) is 9.35 Å². The maximum atomic E-state index is 12.4. The van der Waals surface area contributed by atoms with Gasteiger partial charge in [-0.3, -0.25) is 0 Å². The largest absolute Gasteiger partial charge is 0.326 e. The second-order valence-electron chi connectivity index (χ2n) is 4.14. The Morgan fingerprint density at radius 1 is 1.29 bits per heavy atom. The lowest BCUT2D eigenvalue weighted by molar-refractivity contribution is 0.581. The highest BCUT2D eigenvalue weighted by atomic mass is 79.9. The molecule has 0 atom stereocenters. The number of hydrogen-bond acceptors (Lipinski definition) is 4. The Hall–Kier alpha value is -0.150. The summed E-state index contributed by atoms with van der Waals surface area (Å²) in [6.45, 7) is 0.291. The Labute approximate surface area is 145 Å². The number of hydrogen-bond donors (Lipinski definition) is 2. The van der Waals surface area contributed by atoms with Crippen molar-refractivity contribution < 1.29 is 8.42 Å². The first-order valence-corrected chi connectivity index (χ1v) is 9.65. The van der Waals surface area contributed by atoms with Crippen molar-refractivity contribution in [2.45, 2.75) is 18.0 Å². The zero-order valence-electron chi connectivity index (χ0n) is 10.6. The van der Waals surface area contributed by atoms with E-state index >= 15 is 0 Å². The van der Waals surface area contributed by atoms with Gasteiger partial charge in [0.1, 0.15) is 4.90 Å². The number of thiophene rings is 1. The molecule has 0 amide bonds. The van der Waals surface area contributed by atoms with Crippen LogP contribution in [0.2, 0.25) is 10.0 Å². The maximum absolute atomic E-state index is 12.4. The minimum Gasteiger partial charge on any atom is -0.326 e. The molecule has 21 heavy (non-hydrogen) atoms. The summed E-state index contributed by atoms with van der Waals surface area (Å²) in [5.41, 5.74) is 6.03. The highest BCUT2D eigenvalue weighted by Gasteiger charge is 2.21. The topological polar surface area (TPSA) is 72.2 Å². The lowest BCUT2D eigenvalue weighted by Gasteiger charge is -2.11. The van der Waals surface area contributed by atoms with Gasteiger partial charge in [0, 0.05) is 32.8 Å². The molecule has 0 aliphatic carbocycles. The first kappa shape index (κ1) is 17.2. The van der Waals surface area contributed by atoms with E-state index in [1.165, 1.54) is 17.4 Å². The summed E-state index contributed by atoms with van der Waals surface area (Å²) in [6, 6.07) is 4.72. The minimum absolute atomic E-state index is 0.0623. The van der Waals surface area contributed by atoms with Crippen LogP contribution in [-0.4, -0.2) is 8.42 Å². The summed E-state index contributed by atoms with van der Waals surface area (Å²) in [4.78, 5) is 0.815. The second kappa shape index (κ2) is 6.95. The first-order chi connectivity index (χ1) is 9.83. The van der Waals surface area contributed by atoms with Crippen molar-refractivity contribution >= 4 is 60.5 Å². The van der Waals surface area contributed by atoms with Gasteiger partial charge in [0.05, 0.1) is 5.02 Å². The molecule has 0 spiro atoms. The summed E-state index contributed by atoms with van der Waals surface area (Å²) in [5, 5.41) is 2.25. The molecule has 0 fully saturated rings. The fourth-order valence-corrected chi connectivity index (χ4v) is 5.08. The van der Waals surface area contributed by atoms with Gasteiger partial charge in [-0.25, -0.2) is 13.1 Å². The van der Waals surface area contributed by atoms with Crippen LogP contribution in [-0.2, 0) is 23.1 Å². The van der Waals surface area contributed by atoms with E-state index in [2.05, 4.69) is 20.7 Å². The molecule has 0 aliphatic heterocycles. The predicted molar refractivity (Wildman–Crippen MR) is 90.4 cm³/mol. The fourth-order valence-electron chi connectivity index (χ4n) is 1.65. The van der Waals surface area contributed by atoms with Crippen molar-refractivity contribution in [3.05, 3.63) is 48.5 Å². The minimum atomic E-state index is -3.77. The summed E-state index contributed by atoms with van der Waals surface area (Å²) in [6.07, 6.45) is 0. The molecule has 1 aromatic carbocycles. The Morgan fingerprint density at radius 2 is 2.00 bits per heavy atom. The van der Waals surface area contributed by atoms with Crippen molar-refractivity contribution in [2.75, 3.05) is 0 Å². The van der Waals surface area contributed by atoms with Crippen molar-refractivity contribution in [1.82, 2.24) is 4.72 Å². The number of halogens is 3. The Bertz CT molecular complexity index is 763. The maximum Gasteiger partial charge on any atom is 0.242 e. The standard InChI is InChI=1S/C12H11BrCl2N2O2S2/c13-8-2-10(20-6-8)5-17-21(18,19)11-3-9(14)1-7(4-16)12(11)15/h1-3,6,17H,4-5,16H2. The number of nitrogens with one attached hydrogen (secondary N) is 1. The van der Waals surface area contributed by atoms with Crippen LogP contribution in [0.15, 0.2) is 32.9 Å². The van der Waals surface area contributed by atoms with E-state index < -0.39 is 10.0 Å². The molecule has 0 saturated carbocycles. The molecule has 1 heterocycles. The quantitative estimate of drug-likeness (QED) is 0.759. The van der Waals surface area contributed by atoms with Crippen molar-refractivity contribution in [3.8, 4) is 0 Å². The molecule has 0 bridgehead atoms. The molecule has 0 unspecified atom stereocenters. The van der Waals surface area contributed by atoms with E-state index in [0.29, 0.717) is 5.56 Å². The smallest absolute Gasteiger partial charge is 0.242 e. The third-order valence-electron chi connectivity index (χ3n) is 2.65. The molecule has 114 valence electrons. The van der Waals surface area contributed by atoms with E-state index in [1.54, 1.807) is 6.07 Å². The Balaban J connectivity index is 2.29. The van der Waals surface area contributed by atoms with Gasteiger partial charge in [-0.1, -0.05) is 23.2 Å². The van der Waals surface area contributed by atoms with Crippen LogP contribution in [0.25, 0.3) is 0 Å². The van der Waals surface area contributed by atoms with Gasteiger partial charge in [0.15, 0.2) is 0 Å². The molecule has 0 aliphatic rings. The van der Waals surface area contributed by atoms with Gasteiger partial charge < -0.3 is 5.73 Å². The van der Waals surface area contributed by atoms with Crippen molar-refractivity contribution in [1.29, 1.82) is 0 Å². The van der Waals surface area contributed by atoms with Crippen LogP contribution in [0.5, 0.6) is 0 Å². The summed E-state index contributed by atoms with van der Waals surface area (Å²) in [7, 11) is -3.77. The molecule has 2 rings (SSSR count). The molecular formula is C12H11BrCl2N2O2S2. The van der Waals surface area contributed by atoms with Crippen LogP contribution >= 0.6 is 50.5 Å². The summed E-state index contributed by atoms with van der Waals surface area (Å²) < 4.78 is 28.1. The summed E-state index contributed by atoms with van der Waals surface area (Å²) >= 11 is 16.8. The van der Waals surface area contributed by atoms with Crippen LogP contribution < -0.4 is 10.5 Å². The van der Waals surface area contributed by atoms with Gasteiger partial charge in [0.2, 0.25) is 10.0 Å². The SMILES string of the molecule is NCc1cc(Cl)cc(S(=O)(=O)NCc2cc(Br)cs2)c1Cl. The van der Waals surface area contributed by atoms with E-state index in [-0.39, 0.29) is 28.0 Å². The number of sulfonamides is 1. The molecule has 4 nitrogen and oxygen atoms in total. The van der Waals surface area contributed by atoms with Gasteiger partial charge >= 0.3 is 0 Å². The van der Waals surface area contributed by atoms with Gasteiger partial charge in [-0.2, -0.15) is 0 Å². The Morgan fingerprint density at radius 3 is 2.57 bits per heavy atom. The zero-order chi connectivity index (χ0) is 15.6. The highest BCUT2D eigenvalue weighted by molar-refractivity contribution is 9.10. The van der Waals surface area contributed by atoms with Crippen LogP contribution in [0.4, 0.5) is 0 Å². The Kier molecular flexibility index (Phi) is 5.70. The monoisotopic (exact) mass is 428 g/mol. The van der Waals surface area contributed by atoms with Crippen LogP contribution in [0.3, 0.4) is 0 Å². The predicted octanol–water partition coefficient (Wildman–Crippen LogP) is 3.75. The molecule has 0 saturated heterocycles. The average Bonchev–Trinajstić information content (AvgIpc) is 2.84. The molecule has 3 N–H and O–H groups in total. The van der Waals surface area contributed by atoms with E-state index in [9.17, 15) is 8.42 Å². The molecule has 0 radical (unpaired) electrons. The number of benzene rings is 1. The highest BCUT2D eigenvalue weighted by Crippen LogP contribution is 2.29. The second-order valence-corrected chi connectivity index (χ2v) is 8.60. The van der Waals surface area contributed by atoms with E-state index in [4.69, 9.17) is 28.9 Å². The lowest BCUT2D eigenvalue weighted by atomic mass is 10.2. The molecule has 9 heteroatoms. The van der Waals surface area contributed by atoms with Gasteiger partial charge in [-0.15, -0.1) is 11.3 Å². The van der Waals surface area contributed by atoms with Crippen molar-refractivity contribution in [3.63, 3.8) is 0 Å². The molecular weight excluding hydrogens is 419 g/mol.